The topological polar surface area (TPSA) is 81.1 Å². The highest BCUT2D eigenvalue weighted by molar-refractivity contribution is 7.91. The average molecular weight is 383 g/mol. The van der Waals surface area contributed by atoms with Crippen LogP contribution < -0.4 is 5.32 Å². The highest BCUT2D eigenvalue weighted by Gasteiger charge is 2.22. The molecule has 2 heterocycles. The van der Waals surface area contributed by atoms with E-state index in [1.807, 2.05) is 36.0 Å². The zero-order valence-electron chi connectivity index (χ0n) is 14.9. The lowest BCUT2D eigenvalue weighted by molar-refractivity contribution is 0.0935. The third kappa shape index (κ3) is 4.62. The third-order valence-corrected chi connectivity index (χ3v) is 6.06. The summed E-state index contributed by atoms with van der Waals surface area (Å²) in [6.45, 7) is 1.84. The van der Waals surface area contributed by atoms with Gasteiger partial charge in [0.15, 0.2) is 9.84 Å². The van der Waals surface area contributed by atoms with E-state index in [0.717, 1.165) is 5.69 Å². The van der Waals surface area contributed by atoms with Gasteiger partial charge in [0.25, 0.3) is 5.91 Å². The van der Waals surface area contributed by atoms with Gasteiger partial charge in [0.05, 0.1) is 10.6 Å². The van der Waals surface area contributed by atoms with Crippen molar-refractivity contribution in [3.8, 4) is 5.69 Å². The van der Waals surface area contributed by atoms with Gasteiger partial charge in [-0.25, -0.2) is 8.42 Å². The van der Waals surface area contributed by atoms with Gasteiger partial charge < -0.3 is 9.88 Å². The van der Waals surface area contributed by atoms with Crippen LogP contribution in [0, 0.1) is 0 Å². The van der Waals surface area contributed by atoms with E-state index >= 15 is 0 Å². The van der Waals surface area contributed by atoms with Crippen LogP contribution in [0.2, 0.25) is 0 Å². The molecule has 2 aromatic heterocycles. The SMILES string of the molecule is CCC(CS(=O)(=O)c1ccccc1)NC(=O)c1cc(-n2cccc2)ccn1. The molecule has 0 aliphatic rings. The van der Waals surface area contributed by atoms with Crippen LogP contribution in [0.4, 0.5) is 0 Å². The standard InChI is InChI=1S/C20H21N3O3S/c1-2-16(15-27(25,26)18-8-4-3-5-9-18)22-20(24)19-14-17(10-11-21-19)23-12-6-7-13-23/h3-14,16H,2,15H2,1H3,(H,22,24). The molecule has 3 aromatic rings. The quantitative estimate of drug-likeness (QED) is 0.680. The molecule has 7 heteroatoms. The van der Waals surface area contributed by atoms with Gasteiger partial charge in [0.1, 0.15) is 5.69 Å². The van der Waals surface area contributed by atoms with Crippen molar-refractivity contribution in [2.45, 2.75) is 24.3 Å². The Balaban J connectivity index is 1.73. The van der Waals surface area contributed by atoms with Gasteiger partial charge in [0.2, 0.25) is 0 Å². The molecule has 1 atom stereocenters. The predicted molar refractivity (Wildman–Crippen MR) is 104 cm³/mol. The molecule has 0 fully saturated rings. The number of aromatic nitrogens is 2. The molecule has 27 heavy (non-hydrogen) atoms. The Bertz CT molecular complexity index is 1000. The van der Waals surface area contributed by atoms with Crippen LogP contribution >= 0.6 is 0 Å². The molecule has 0 saturated heterocycles. The molecule has 6 nitrogen and oxygen atoms in total. The van der Waals surface area contributed by atoms with E-state index in [1.165, 1.54) is 0 Å². The summed E-state index contributed by atoms with van der Waals surface area (Å²) in [5, 5.41) is 2.79. The first-order valence-corrected chi connectivity index (χ1v) is 10.3. The molecule has 1 aromatic carbocycles. The van der Waals surface area contributed by atoms with E-state index in [9.17, 15) is 13.2 Å². The van der Waals surface area contributed by atoms with E-state index in [0.29, 0.717) is 6.42 Å². The summed E-state index contributed by atoms with van der Waals surface area (Å²) in [4.78, 5) is 17.0. The Morgan fingerprint density at radius 1 is 1.11 bits per heavy atom. The summed E-state index contributed by atoms with van der Waals surface area (Å²) < 4.78 is 27.0. The molecular formula is C20H21N3O3S. The third-order valence-electron chi connectivity index (χ3n) is 4.23. The Morgan fingerprint density at radius 3 is 2.48 bits per heavy atom. The lowest BCUT2D eigenvalue weighted by Crippen LogP contribution is -2.39. The van der Waals surface area contributed by atoms with E-state index in [2.05, 4.69) is 10.3 Å². The van der Waals surface area contributed by atoms with Crippen molar-refractivity contribution in [2.24, 2.45) is 0 Å². The van der Waals surface area contributed by atoms with Crippen LogP contribution in [0.1, 0.15) is 23.8 Å². The fourth-order valence-electron chi connectivity index (χ4n) is 2.72. The fraction of sp³-hybridized carbons (Fsp3) is 0.200. The van der Waals surface area contributed by atoms with Gasteiger partial charge in [-0.1, -0.05) is 25.1 Å². The molecule has 1 amide bonds. The number of rotatable bonds is 7. The zero-order chi connectivity index (χ0) is 19.3. The molecule has 0 bridgehead atoms. The number of nitrogens with zero attached hydrogens (tertiary/aromatic N) is 2. The lowest BCUT2D eigenvalue weighted by Gasteiger charge is -2.17. The Morgan fingerprint density at radius 2 is 1.81 bits per heavy atom. The molecule has 1 unspecified atom stereocenters. The molecule has 0 aliphatic carbocycles. The minimum atomic E-state index is -3.48. The number of sulfone groups is 1. The molecule has 0 spiro atoms. The van der Waals surface area contributed by atoms with Crippen LogP contribution in [0.25, 0.3) is 5.69 Å². The molecular weight excluding hydrogens is 362 g/mol. The molecule has 0 saturated carbocycles. The van der Waals surface area contributed by atoms with Crippen molar-refractivity contribution in [2.75, 3.05) is 5.75 Å². The first-order chi connectivity index (χ1) is 13.0. The zero-order valence-corrected chi connectivity index (χ0v) is 15.8. The number of carbonyl (C=O) groups is 1. The second-order valence-electron chi connectivity index (χ2n) is 6.16. The smallest absolute Gasteiger partial charge is 0.270 e. The highest BCUT2D eigenvalue weighted by Crippen LogP contribution is 2.13. The Hall–Kier alpha value is -2.93. The van der Waals surface area contributed by atoms with Crippen LogP contribution in [0.5, 0.6) is 0 Å². The first kappa shape index (κ1) is 18.8. The summed E-state index contributed by atoms with van der Waals surface area (Å²) in [6, 6.07) is 15.0. The number of amides is 1. The number of pyridine rings is 1. The second-order valence-corrected chi connectivity index (χ2v) is 8.20. The van der Waals surface area contributed by atoms with E-state index in [1.54, 1.807) is 48.7 Å². The van der Waals surface area contributed by atoms with Crippen LogP contribution in [-0.4, -0.2) is 35.7 Å². The van der Waals surface area contributed by atoms with E-state index < -0.39 is 15.9 Å². The van der Waals surface area contributed by atoms with Crippen LogP contribution in [-0.2, 0) is 9.84 Å². The van der Waals surface area contributed by atoms with Gasteiger partial charge in [-0.2, -0.15) is 0 Å². The van der Waals surface area contributed by atoms with Crippen molar-refractivity contribution in [3.05, 3.63) is 78.9 Å². The molecule has 0 radical (unpaired) electrons. The number of hydrogen-bond acceptors (Lipinski definition) is 4. The van der Waals surface area contributed by atoms with Crippen molar-refractivity contribution < 1.29 is 13.2 Å². The number of carbonyl (C=O) groups excluding carboxylic acids is 1. The largest absolute Gasteiger partial charge is 0.347 e. The molecule has 0 aliphatic heterocycles. The minimum absolute atomic E-state index is 0.156. The van der Waals surface area contributed by atoms with Gasteiger partial charge in [-0.3, -0.25) is 9.78 Å². The monoisotopic (exact) mass is 383 g/mol. The Labute approximate surface area is 158 Å². The minimum Gasteiger partial charge on any atom is -0.347 e. The second kappa shape index (κ2) is 8.18. The normalized spacial score (nSPS) is 12.5. The maximum atomic E-state index is 12.6. The number of benzene rings is 1. The van der Waals surface area contributed by atoms with Crippen molar-refractivity contribution in [3.63, 3.8) is 0 Å². The van der Waals surface area contributed by atoms with Gasteiger partial charge >= 0.3 is 0 Å². The van der Waals surface area contributed by atoms with E-state index in [-0.39, 0.29) is 22.2 Å². The summed E-state index contributed by atoms with van der Waals surface area (Å²) in [5.41, 5.74) is 1.06. The lowest BCUT2D eigenvalue weighted by atomic mass is 10.2. The number of hydrogen-bond donors (Lipinski definition) is 1. The van der Waals surface area contributed by atoms with Crippen LogP contribution in [0.3, 0.4) is 0 Å². The van der Waals surface area contributed by atoms with Crippen LogP contribution in [0.15, 0.2) is 78.1 Å². The van der Waals surface area contributed by atoms with Gasteiger partial charge in [-0.05, 0) is 42.8 Å². The molecule has 3 rings (SSSR count). The van der Waals surface area contributed by atoms with Crippen molar-refractivity contribution in [1.29, 1.82) is 0 Å². The fourth-order valence-corrected chi connectivity index (χ4v) is 4.33. The first-order valence-electron chi connectivity index (χ1n) is 8.67. The predicted octanol–water partition coefficient (Wildman–Crippen LogP) is 2.85. The maximum absolute atomic E-state index is 12.6. The Kier molecular flexibility index (Phi) is 5.71. The number of nitrogens with one attached hydrogen (secondary N) is 1. The van der Waals surface area contributed by atoms with E-state index in [4.69, 9.17) is 0 Å². The van der Waals surface area contributed by atoms with Crippen molar-refractivity contribution in [1.82, 2.24) is 14.9 Å². The van der Waals surface area contributed by atoms with Gasteiger partial charge in [0, 0.05) is 30.3 Å². The average Bonchev–Trinajstić information content (AvgIpc) is 3.23. The summed E-state index contributed by atoms with van der Waals surface area (Å²) in [5.74, 6) is -0.546. The maximum Gasteiger partial charge on any atom is 0.270 e. The highest BCUT2D eigenvalue weighted by atomic mass is 32.2. The summed E-state index contributed by atoms with van der Waals surface area (Å²) in [7, 11) is -3.48. The van der Waals surface area contributed by atoms with Gasteiger partial charge in [-0.15, -0.1) is 0 Å². The summed E-state index contributed by atoms with van der Waals surface area (Å²) >= 11 is 0. The molecule has 1 N–H and O–H groups in total. The van der Waals surface area contributed by atoms with Crippen molar-refractivity contribution >= 4 is 15.7 Å². The molecule has 140 valence electrons. The summed E-state index contributed by atoms with van der Waals surface area (Å²) in [6.07, 6.45) is 5.80.